The molecule has 0 radical (unpaired) electrons. The van der Waals surface area contributed by atoms with E-state index >= 15 is 0 Å². The number of piperazine rings is 1. The third-order valence-electron chi connectivity index (χ3n) is 4.78. The van der Waals surface area contributed by atoms with Gasteiger partial charge >= 0.3 is 6.18 Å². The van der Waals surface area contributed by atoms with Gasteiger partial charge in [-0.05, 0) is 30.8 Å². The summed E-state index contributed by atoms with van der Waals surface area (Å²) in [6.07, 6.45) is -3.14. The molecule has 4 rings (SSSR count). The summed E-state index contributed by atoms with van der Waals surface area (Å²) in [6, 6.07) is 6.40. The molecule has 1 fully saturated rings. The molecule has 3 aromatic rings. The number of halogens is 3. The molecule has 0 unspecified atom stereocenters. The Morgan fingerprint density at radius 1 is 1.11 bits per heavy atom. The normalized spacial score (nSPS) is 15.9. The van der Waals surface area contributed by atoms with E-state index in [-0.39, 0.29) is 17.2 Å². The van der Waals surface area contributed by atoms with Crippen molar-refractivity contribution in [3.8, 4) is 11.1 Å². The van der Waals surface area contributed by atoms with Gasteiger partial charge in [-0.3, -0.25) is 4.79 Å². The van der Waals surface area contributed by atoms with Crippen molar-refractivity contribution in [1.29, 1.82) is 0 Å². The lowest BCUT2D eigenvalue weighted by molar-refractivity contribution is -0.137. The number of carbonyl (C=O) groups is 1. The summed E-state index contributed by atoms with van der Waals surface area (Å²) in [4.78, 5) is 16.7. The summed E-state index contributed by atoms with van der Waals surface area (Å²) < 4.78 is 40.6. The monoisotopic (exact) mass is 390 g/mol. The fourth-order valence-electron chi connectivity index (χ4n) is 3.18. The van der Waals surface area contributed by atoms with Crippen molar-refractivity contribution in [2.75, 3.05) is 33.2 Å². The lowest BCUT2D eigenvalue weighted by atomic mass is 10.0. The van der Waals surface area contributed by atoms with Gasteiger partial charge in [-0.2, -0.15) is 22.8 Å². The second-order valence-electron chi connectivity index (χ2n) is 6.72. The molecule has 0 atom stereocenters. The molecule has 3 heterocycles. The number of likely N-dealkylation sites (N-methyl/N-ethyl adjacent to an activating group) is 1. The van der Waals surface area contributed by atoms with Crippen LogP contribution in [0.1, 0.15) is 16.1 Å². The molecule has 7 nitrogen and oxygen atoms in total. The van der Waals surface area contributed by atoms with E-state index in [2.05, 4.69) is 20.2 Å². The molecular formula is C18H17F3N6O. The molecule has 1 amide bonds. The lowest BCUT2D eigenvalue weighted by Crippen LogP contribution is -2.47. The van der Waals surface area contributed by atoms with Gasteiger partial charge in [-0.1, -0.05) is 12.1 Å². The van der Waals surface area contributed by atoms with Crippen LogP contribution in [-0.4, -0.2) is 68.7 Å². The predicted octanol–water partition coefficient (Wildman–Crippen LogP) is 2.20. The SMILES string of the molecule is CN1CCN(C(=O)c2cc(-c3cccc(C(F)(F)F)c3)c3nncn3n2)CC1. The molecule has 1 saturated heterocycles. The Morgan fingerprint density at radius 3 is 2.57 bits per heavy atom. The van der Waals surface area contributed by atoms with E-state index in [4.69, 9.17) is 0 Å². The van der Waals surface area contributed by atoms with Gasteiger partial charge in [-0.15, -0.1) is 10.2 Å². The topological polar surface area (TPSA) is 66.6 Å². The Labute approximate surface area is 158 Å². The van der Waals surface area contributed by atoms with Gasteiger partial charge in [0.15, 0.2) is 5.65 Å². The predicted molar refractivity (Wildman–Crippen MR) is 94.6 cm³/mol. The van der Waals surface area contributed by atoms with E-state index < -0.39 is 11.7 Å². The molecule has 146 valence electrons. The molecule has 1 aliphatic heterocycles. The number of amides is 1. The van der Waals surface area contributed by atoms with Gasteiger partial charge in [-0.25, -0.2) is 0 Å². The number of rotatable bonds is 2. The van der Waals surface area contributed by atoms with Gasteiger partial charge in [0.05, 0.1) is 5.56 Å². The minimum atomic E-state index is -4.47. The highest BCUT2D eigenvalue weighted by Crippen LogP contribution is 2.33. The van der Waals surface area contributed by atoms with Crippen LogP contribution in [0, 0.1) is 0 Å². The lowest BCUT2D eigenvalue weighted by Gasteiger charge is -2.32. The number of nitrogens with zero attached hydrogens (tertiary/aromatic N) is 6. The number of fused-ring (bicyclic) bond motifs is 1. The largest absolute Gasteiger partial charge is 0.416 e. The molecule has 2 aromatic heterocycles. The second kappa shape index (κ2) is 6.86. The van der Waals surface area contributed by atoms with Gasteiger partial charge in [0, 0.05) is 31.7 Å². The number of alkyl halides is 3. The maximum absolute atomic E-state index is 13.1. The van der Waals surface area contributed by atoms with Gasteiger partial charge in [0.25, 0.3) is 5.91 Å². The highest BCUT2D eigenvalue weighted by molar-refractivity contribution is 5.94. The van der Waals surface area contributed by atoms with Crippen molar-refractivity contribution in [3.63, 3.8) is 0 Å². The molecule has 10 heteroatoms. The molecule has 0 aliphatic carbocycles. The Bertz CT molecular complexity index is 1020. The molecule has 0 N–H and O–H groups in total. The molecule has 1 aliphatic rings. The molecule has 0 spiro atoms. The highest BCUT2D eigenvalue weighted by atomic mass is 19.4. The van der Waals surface area contributed by atoms with Crippen LogP contribution in [0.2, 0.25) is 0 Å². The minimum absolute atomic E-state index is 0.143. The van der Waals surface area contributed by atoms with Crippen molar-refractivity contribution in [3.05, 3.63) is 47.9 Å². The van der Waals surface area contributed by atoms with Crippen LogP contribution < -0.4 is 0 Å². The standard InChI is InChI=1S/C18H17F3N6O/c1-25-5-7-26(8-6-25)17(28)15-10-14(16-23-22-11-27(16)24-15)12-3-2-4-13(9-12)18(19,20)21/h2-4,9-11H,5-8H2,1H3. The Hall–Kier alpha value is -3.01. The van der Waals surface area contributed by atoms with Crippen molar-refractivity contribution >= 4 is 11.6 Å². The maximum Gasteiger partial charge on any atom is 0.416 e. The first-order valence-corrected chi connectivity index (χ1v) is 8.69. The van der Waals surface area contributed by atoms with Crippen LogP contribution in [0.4, 0.5) is 13.2 Å². The molecule has 1 aromatic carbocycles. The Balaban J connectivity index is 1.77. The number of benzene rings is 1. The van der Waals surface area contributed by atoms with Gasteiger partial charge < -0.3 is 9.80 Å². The van der Waals surface area contributed by atoms with Crippen LogP contribution in [0.5, 0.6) is 0 Å². The van der Waals surface area contributed by atoms with Crippen molar-refractivity contribution in [2.24, 2.45) is 0 Å². The zero-order chi connectivity index (χ0) is 19.9. The average molecular weight is 390 g/mol. The van der Waals surface area contributed by atoms with Crippen LogP contribution >= 0.6 is 0 Å². The molecule has 0 bridgehead atoms. The van der Waals surface area contributed by atoms with E-state index in [0.717, 1.165) is 25.2 Å². The number of carbonyl (C=O) groups excluding carboxylic acids is 1. The first-order chi connectivity index (χ1) is 13.3. The van der Waals surface area contributed by atoms with Crippen LogP contribution in [0.25, 0.3) is 16.8 Å². The van der Waals surface area contributed by atoms with Crippen LogP contribution in [0.15, 0.2) is 36.7 Å². The van der Waals surface area contributed by atoms with Crippen LogP contribution in [0.3, 0.4) is 0 Å². The quantitative estimate of drug-likeness (QED) is 0.671. The average Bonchev–Trinajstić information content (AvgIpc) is 3.15. The highest BCUT2D eigenvalue weighted by Gasteiger charge is 2.31. The van der Waals surface area contributed by atoms with E-state index in [1.807, 2.05) is 7.05 Å². The summed E-state index contributed by atoms with van der Waals surface area (Å²) >= 11 is 0. The fraction of sp³-hybridized carbons (Fsp3) is 0.333. The summed E-state index contributed by atoms with van der Waals surface area (Å²) in [5.41, 5.74) is 0.323. The summed E-state index contributed by atoms with van der Waals surface area (Å²) in [5, 5.41) is 12.0. The third kappa shape index (κ3) is 3.42. The molecular weight excluding hydrogens is 373 g/mol. The number of hydrogen-bond acceptors (Lipinski definition) is 5. The molecule has 28 heavy (non-hydrogen) atoms. The first kappa shape index (κ1) is 18.4. The third-order valence-corrected chi connectivity index (χ3v) is 4.78. The number of hydrogen-bond donors (Lipinski definition) is 0. The molecule has 0 saturated carbocycles. The van der Waals surface area contributed by atoms with E-state index in [1.54, 1.807) is 11.0 Å². The van der Waals surface area contributed by atoms with E-state index in [1.165, 1.54) is 23.0 Å². The smallest absolute Gasteiger partial charge is 0.335 e. The maximum atomic E-state index is 13.1. The second-order valence-corrected chi connectivity index (χ2v) is 6.72. The zero-order valence-corrected chi connectivity index (χ0v) is 15.0. The van der Waals surface area contributed by atoms with Gasteiger partial charge in [0.1, 0.15) is 12.0 Å². The summed E-state index contributed by atoms with van der Waals surface area (Å²) in [7, 11) is 1.98. The summed E-state index contributed by atoms with van der Waals surface area (Å²) in [5.74, 6) is -0.267. The van der Waals surface area contributed by atoms with Crippen LogP contribution in [-0.2, 0) is 6.18 Å². The zero-order valence-electron chi connectivity index (χ0n) is 15.0. The van der Waals surface area contributed by atoms with Gasteiger partial charge in [0.2, 0.25) is 0 Å². The van der Waals surface area contributed by atoms with E-state index in [0.29, 0.717) is 24.2 Å². The first-order valence-electron chi connectivity index (χ1n) is 8.69. The fourth-order valence-corrected chi connectivity index (χ4v) is 3.18. The van der Waals surface area contributed by atoms with Crippen molar-refractivity contribution in [1.82, 2.24) is 29.6 Å². The minimum Gasteiger partial charge on any atom is -0.335 e. The van der Waals surface area contributed by atoms with E-state index in [9.17, 15) is 18.0 Å². The Kier molecular flexibility index (Phi) is 4.50. The van der Waals surface area contributed by atoms with Crippen molar-refractivity contribution in [2.45, 2.75) is 6.18 Å². The van der Waals surface area contributed by atoms with Crippen molar-refractivity contribution < 1.29 is 18.0 Å². The Morgan fingerprint density at radius 2 is 1.86 bits per heavy atom. The number of aromatic nitrogens is 4. The summed E-state index contributed by atoms with van der Waals surface area (Å²) in [6.45, 7) is 2.63.